The number of aliphatic carboxylic acids is 2. The summed E-state index contributed by atoms with van der Waals surface area (Å²) in [4.78, 5) is 278. The fraction of sp³-hybridized carbons (Fsp3) is 0.588. The number of aromatic amines is 1. The number of nitrogens with two attached hydrogens (primary N) is 2. The number of amides is 12. The molecule has 5 heterocycles. The van der Waals surface area contributed by atoms with E-state index in [9.17, 15) is 76.9 Å². The number of rotatable bonds is 16. The Morgan fingerprint density at radius 3 is 1.72 bits per heavy atom. The minimum absolute atomic E-state index is 0.0125. The molecular weight excluding hydrogens is 1590 g/mol. The number of carbonyl (C=O) groups excluding carboxylic acids is 17. The third kappa shape index (κ3) is 31.3. The summed E-state index contributed by atoms with van der Waals surface area (Å²) >= 11 is 3.03. The van der Waals surface area contributed by atoms with Gasteiger partial charge in [-0.15, -0.1) is 0 Å². The minimum Gasteiger partial charge on any atom is -0.481 e. The Balaban J connectivity index is 1.42. The van der Waals surface area contributed by atoms with Crippen LogP contribution in [0.1, 0.15) is 167 Å². The number of thioether (sulfide) groups is 3. The summed E-state index contributed by atoms with van der Waals surface area (Å²) in [5.41, 5.74) is 13.0. The minimum atomic E-state index is -1.87. The molecule has 2 aromatic carbocycles. The molecule has 7 rings (SSSR count). The van der Waals surface area contributed by atoms with Gasteiger partial charge in [0, 0.05) is 153 Å². The van der Waals surface area contributed by atoms with E-state index in [0.29, 0.717) is 22.0 Å². The molecule has 12 amide bonds. The van der Waals surface area contributed by atoms with Crippen LogP contribution in [0.3, 0.4) is 0 Å². The van der Waals surface area contributed by atoms with E-state index >= 15 is 28.8 Å². The first-order valence-corrected chi connectivity index (χ1v) is 43.2. The highest BCUT2D eigenvalue weighted by Crippen LogP contribution is 2.29. The summed E-state index contributed by atoms with van der Waals surface area (Å²) in [6.45, 7) is 3.44. The molecule has 11 atom stereocenters. The van der Waals surface area contributed by atoms with E-state index in [1.165, 1.54) is 26.8 Å². The number of benzene rings is 2. The van der Waals surface area contributed by atoms with E-state index in [0.717, 1.165) is 54.3 Å². The molecule has 14 N–H and O–H groups in total. The lowest BCUT2D eigenvalue weighted by atomic mass is 9.84. The van der Waals surface area contributed by atoms with Crippen molar-refractivity contribution in [3.8, 4) is 0 Å². The van der Waals surface area contributed by atoms with Crippen LogP contribution >= 0.6 is 35.3 Å². The highest BCUT2D eigenvalue weighted by molar-refractivity contribution is 7.99. The summed E-state index contributed by atoms with van der Waals surface area (Å²) in [6, 6.07) is 1.35. The highest BCUT2D eigenvalue weighted by Gasteiger charge is 2.40. The number of carboxylic acids is 2. The summed E-state index contributed by atoms with van der Waals surface area (Å²) in [5.74, 6) is -25.0. The number of Topliss-reactive ketones (excluding diaryl/α,β-unsaturated/α-hetero) is 5. The standard InChI is InChI=1S/C80H108FN13O21S3/c1-45(2)30-58-79(114)88-57(19-23-73(106)107)65(98)36-51(37-74(108)109)78(113)90-61-40-117-28-25-71(104)93-42-92-43-94(44-93)72(105)26-29-118-41-62(75(83)110)91-80(115)59(31-47-14-17-53(81)18-15-47)86-69(102)22-20-63(96)56(87-77(112)50(35-67(61)100)32-52-38-84-55-12-9-8-11-54(52)55)13-7-5-4-6-10-49(76(111)89-58)34-64(97)48(16-21-68(82)101)33-66(99)60(85-46(3)95)39-116-27-24-70(92)103/h8-9,11-12,14-15,17-18,38,45,48-51,56-62,84H,4-7,10,13,16,19-37,39-44H2,1-3H3,(H2,82,101)(H2,83,110)(H,85,95)(H,86,102)(H,87,112)(H,88,114)(H,89,111)(H,90,113)(H,91,115)(H,106,107)(H,108,109)/t48-,49-,50-,51+,56+,57+,58+,59+,60+,61+,62+/m1/s1. The molecule has 3 aromatic rings. The molecule has 34 nitrogen and oxygen atoms in total. The van der Waals surface area contributed by atoms with Gasteiger partial charge in [-0.25, -0.2) is 4.39 Å². The average Bonchev–Trinajstić information content (AvgIpc) is 1.60. The zero-order chi connectivity index (χ0) is 86.3. The Hall–Kier alpha value is -10.1. The molecule has 4 fully saturated rings. The molecule has 0 unspecified atom stereocenters. The Bertz CT molecular complexity index is 4170. The van der Waals surface area contributed by atoms with Crippen LogP contribution < -0.4 is 48.7 Å². The zero-order valence-corrected chi connectivity index (χ0v) is 69.0. The maximum absolute atomic E-state index is 15.5. The van der Waals surface area contributed by atoms with Crippen LogP contribution in [0.25, 0.3) is 10.9 Å². The van der Waals surface area contributed by atoms with Crippen molar-refractivity contribution in [1.82, 2.24) is 56.9 Å². The number of ketones is 5. The predicted octanol–water partition coefficient (Wildman–Crippen LogP) is 2.42. The smallest absolute Gasteiger partial charge is 0.304 e. The van der Waals surface area contributed by atoms with Crippen LogP contribution in [-0.2, 0) is 104 Å². The number of nitrogens with one attached hydrogen (secondary N) is 8. The van der Waals surface area contributed by atoms with E-state index in [2.05, 4.69) is 42.2 Å². The van der Waals surface area contributed by atoms with Crippen LogP contribution in [0.5, 0.6) is 0 Å². The highest BCUT2D eigenvalue weighted by atomic mass is 32.2. The second kappa shape index (κ2) is 47.5. The molecule has 4 saturated heterocycles. The molecule has 118 heavy (non-hydrogen) atoms. The van der Waals surface area contributed by atoms with Crippen molar-refractivity contribution >= 4 is 158 Å². The molecule has 0 radical (unpaired) electrons. The maximum Gasteiger partial charge on any atom is 0.304 e. The quantitative estimate of drug-likeness (QED) is 0.0979. The number of H-pyrrole nitrogens is 1. The number of primary amides is 2. The first-order valence-electron chi connectivity index (χ1n) is 39.7. The summed E-state index contributed by atoms with van der Waals surface area (Å²) in [6.07, 6.45) is -6.72. The summed E-state index contributed by atoms with van der Waals surface area (Å²) in [5, 5.41) is 39.5. The molecule has 38 heteroatoms. The van der Waals surface area contributed by atoms with Crippen LogP contribution in [-0.4, -0.2) is 238 Å². The van der Waals surface area contributed by atoms with Crippen LogP contribution in [0.4, 0.5) is 4.39 Å². The van der Waals surface area contributed by atoms with Gasteiger partial charge in [-0.2, -0.15) is 35.3 Å². The number of halogens is 1. The predicted molar refractivity (Wildman–Crippen MR) is 433 cm³/mol. The van der Waals surface area contributed by atoms with E-state index < -0.39 is 259 Å². The second-order valence-corrected chi connectivity index (χ2v) is 34.2. The van der Waals surface area contributed by atoms with Gasteiger partial charge in [-0.1, -0.05) is 69.9 Å². The Morgan fingerprint density at radius 1 is 0.534 bits per heavy atom. The van der Waals surface area contributed by atoms with Gasteiger partial charge in [0.25, 0.3) is 0 Å². The molecule has 0 aliphatic carbocycles. The number of para-hydroxylation sites is 1. The zero-order valence-electron chi connectivity index (χ0n) is 66.5. The van der Waals surface area contributed by atoms with E-state index in [1.807, 2.05) is 0 Å². The average molecular weight is 1700 g/mol. The topological polar surface area (TPSA) is 527 Å². The van der Waals surface area contributed by atoms with Crippen molar-refractivity contribution in [2.75, 3.05) is 54.5 Å². The molecule has 6 bridgehead atoms. The number of fused-ring (bicyclic) bond motifs is 23. The third-order valence-corrected chi connectivity index (χ3v) is 24.1. The maximum atomic E-state index is 15.5. The van der Waals surface area contributed by atoms with Gasteiger partial charge in [-0.3, -0.25) is 91.1 Å². The fourth-order valence-corrected chi connectivity index (χ4v) is 17.3. The lowest BCUT2D eigenvalue weighted by Crippen LogP contribution is -2.59. The van der Waals surface area contributed by atoms with E-state index in [-0.39, 0.29) is 132 Å². The molecule has 4 aliphatic rings. The summed E-state index contributed by atoms with van der Waals surface area (Å²) in [7, 11) is 0. The van der Waals surface area contributed by atoms with Gasteiger partial charge in [0.1, 0.15) is 29.7 Å². The number of hydrogen-bond acceptors (Lipinski definition) is 22. The first kappa shape index (κ1) is 95.0. The van der Waals surface area contributed by atoms with Gasteiger partial charge in [0.05, 0.1) is 56.5 Å². The number of carbonyl (C=O) groups is 19. The van der Waals surface area contributed by atoms with Crippen molar-refractivity contribution in [3.63, 3.8) is 0 Å². The summed E-state index contributed by atoms with van der Waals surface area (Å²) < 4.78 is 14.3. The van der Waals surface area contributed by atoms with E-state index in [1.54, 1.807) is 44.3 Å². The van der Waals surface area contributed by atoms with Crippen molar-refractivity contribution in [2.45, 2.75) is 211 Å². The molecular formula is C80H108FN13O21S3. The number of nitrogens with zero attached hydrogens (tertiary/aromatic N) is 3. The molecule has 644 valence electrons. The molecule has 0 saturated carbocycles. The lowest BCUT2D eigenvalue weighted by Gasteiger charge is -2.42. The van der Waals surface area contributed by atoms with Crippen molar-refractivity contribution in [3.05, 3.63) is 71.7 Å². The van der Waals surface area contributed by atoms with Gasteiger partial charge in [0.15, 0.2) is 23.1 Å². The van der Waals surface area contributed by atoms with Gasteiger partial charge < -0.3 is 78.6 Å². The van der Waals surface area contributed by atoms with Crippen LogP contribution in [0.2, 0.25) is 0 Å². The van der Waals surface area contributed by atoms with Crippen LogP contribution in [0.15, 0.2) is 54.7 Å². The SMILES string of the molecule is CC(=O)N[C@H]1CSCCC(=O)N2CN3CN(C2)C(=O)CCSC[C@@H]2NC(=O)[C@H](CC(=O)O)CC(=O)[C@H](CCC(=O)O)NC(=O)[C@H](CC(C)C)NC(=O)[C@H](CCCCCC[C@H](NC(=O)[C@H](Cc4c[nH]c5ccccc45)CC2=O)C(=O)CCC(=O)N[C@@H](Cc2ccc(F)cc2)C(=O)N[C@H](C(N)=O)CSCCC3=O)CC(=O)[C@H](CCC(N)=O)CC1=O. The van der Waals surface area contributed by atoms with Crippen molar-refractivity contribution in [1.29, 1.82) is 0 Å². The van der Waals surface area contributed by atoms with E-state index in [4.69, 9.17) is 11.5 Å². The Morgan fingerprint density at radius 2 is 1.11 bits per heavy atom. The van der Waals surface area contributed by atoms with Crippen LogP contribution in [0, 0.1) is 35.4 Å². The van der Waals surface area contributed by atoms with Crippen molar-refractivity contribution < 1.29 is 106 Å². The first-order chi connectivity index (χ1) is 56.1. The molecule has 1 aromatic heterocycles. The normalized spacial score (nSPS) is 25.4. The lowest BCUT2D eigenvalue weighted by molar-refractivity contribution is -0.158. The number of aromatic nitrogens is 1. The molecule has 0 spiro atoms. The van der Waals surface area contributed by atoms with Gasteiger partial charge in [0.2, 0.25) is 70.9 Å². The number of carboxylic acid groups (broad SMARTS) is 2. The third-order valence-electron chi connectivity index (χ3n) is 20.9. The molecule has 4 aliphatic heterocycles. The van der Waals surface area contributed by atoms with Gasteiger partial charge >= 0.3 is 11.9 Å². The monoisotopic (exact) mass is 1700 g/mol. The Kier molecular flexibility index (Phi) is 38.2. The fourth-order valence-electron chi connectivity index (χ4n) is 14.4. The Labute approximate surface area is 694 Å². The number of hydrogen-bond donors (Lipinski definition) is 12. The second-order valence-electron chi connectivity index (χ2n) is 30.8. The van der Waals surface area contributed by atoms with Crippen molar-refractivity contribution in [2.24, 2.45) is 41.1 Å². The van der Waals surface area contributed by atoms with Gasteiger partial charge in [-0.05, 0) is 73.8 Å². The largest absolute Gasteiger partial charge is 0.481 e.